The van der Waals surface area contributed by atoms with Crippen molar-refractivity contribution >= 4 is 35.0 Å². The van der Waals surface area contributed by atoms with E-state index in [0.717, 1.165) is 11.3 Å². The fourth-order valence-corrected chi connectivity index (χ4v) is 2.47. The molecule has 1 aliphatic heterocycles. The monoisotopic (exact) mass is 294 g/mol. The highest BCUT2D eigenvalue weighted by Crippen LogP contribution is 2.22. The maximum absolute atomic E-state index is 12.5. The van der Waals surface area contributed by atoms with E-state index < -0.39 is 0 Å². The highest BCUT2D eigenvalue weighted by atomic mass is 32.1. The van der Waals surface area contributed by atoms with Crippen LogP contribution in [0.3, 0.4) is 0 Å². The number of aryl methyl sites for hydroxylation is 1. The Hall–Kier alpha value is -2.46. The molecule has 2 aromatic rings. The Balaban J connectivity index is 1.92. The van der Waals surface area contributed by atoms with Crippen molar-refractivity contribution in [3.8, 4) is 0 Å². The number of hydrogen-bond acceptors (Lipinski definition) is 2. The largest absolute Gasteiger partial charge is 0.327 e. The highest BCUT2D eigenvalue weighted by Gasteiger charge is 2.31. The fraction of sp³-hybridized carbons (Fsp3) is 0.0588. The Labute approximate surface area is 128 Å². The summed E-state index contributed by atoms with van der Waals surface area (Å²) in [7, 11) is 0. The number of hydrogen-bond donors (Lipinski definition) is 1. The zero-order valence-electron chi connectivity index (χ0n) is 11.5. The van der Waals surface area contributed by atoms with Gasteiger partial charge >= 0.3 is 0 Å². The third-order valence-corrected chi connectivity index (χ3v) is 3.57. The van der Waals surface area contributed by atoms with Crippen molar-refractivity contribution in [2.24, 2.45) is 0 Å². The summed E-state index contributed by atoms with van der Waals surface area (Å²) >= 11 is 5.27. The summed E-state index contributed by atoms with van der Waals surface area (Å²) in [5, 5.41) is 3.39. The van der Waals surface area contributed by atoms with Gasteiger partial charge in [0.1, 0.15) is 5.70 Å². The summed E-state index contributed by atoms with van der Waals surface area (Å²) in [5.41, 5.74) is 3.42. The number of amides is 1. The van der Waals surface area contributed by atoms with E-state index in [0.29, 0.717) is 10.8 Å². The molecule has 1 saturated heterocycles. The average molecular weight is 294 g/mol. The van der Waals surface area contributed by atoms with Crippen molar-refractivity contribution in [2.45, 2.75) is 6.92 Å². The first kappa shape index (κ1) is 13.5. The summed E-state index contributed by atoms with van der Waals surface area (Å²) in [6.45, 7) is 2.03. The molecule has 4 heteroatoms. The Kier molecular flexibility index (Phi) is 3.54. The second-order valence-corrected chi connectivity index (χ2v) is 5.26. The lowest BCUT2D eigenvalue weighted by Crippen LogP contribution is -2.30. The lowest BCUT2D eigenvalue weighted by atomic mass is 10.1. The first-order valence-corrected chi connectivity index (χ1v) is 7.05. The molecule has 1 fully saturated rings. The minimum atomic E-state index is -0.133. The summed E-state index contributed by atoms with van der Waals surface area (Å²) in [6.07, 6.45) is 1.82. The number of thiocarbonyl (C=S) groups is 1. The second-order valence-electron chi connectivity index (χ2n) is 4.87. The normalized spacial score (nSPS) is 16.4. The summed E-state index contributed by atoms with van der Waals surface area (Å²) < 4.78 is 0. The van der Waals surface area contributed by atoms with Crippen LogP contribution in [0.25, 0.3) is 6.08 Å². The third-order valence-electron chi connectivity index (χ3n) is 3.28. The number of rotatable bonds is 2. The van der Waals surface area contributed by atoms with Gasteiger partial charge in [0, 0.05) is 0 Å². The van der Waals surface area contributed by atoms with Gasteiger partial charge in [-0.1, -0.05) is 48.0 Å². The molecule has 104 valence electrons. The fourth-order valence-electron chi connectivity index (χ4n) is 2.18. The van der Waals surface area contributed by atoms with Crippen LogP contribution >= 0.6 is 12.2 Å². The lowest BCUT2D eigenvalue weighted by Gasteiger charge is -2.13. The van der Waals surface area contributed by atoms with E-state index in [1.54, 1.807) is 0 Å². The number of nitrogens with one attached hydrogen (secondary N) is 1. The van der Waals surface area contributed by atoms with E-state index in [4.69, 9.17) is 12.2 Å². The van der Waals surface area contributed by atoms with Crippen LogP contribution in [0.4, 0.5) is 5.69 Å². The van der Waals surface area contributed by atoms with Crippen LogP contribution < -0.4 is 10.2 Å². The van der Waals surface area contributed by atoms with Gasteiger partial charge in [-0.05, 0) is 42.9 Å². The van der Waals surface area contributed by atoms with Gasteiger partial charge in [0.25, 0.3) is 5.91 Å². The number of nitrogens with zero attached hydrogens (tertiary/aromatic N) is 1. The Morgan fingerprint density at radius 1 is 1.05 bits per heavy atom. The molecule has 21 heavy (non-hydrogen) atoms. The molecule has 3 nitrogen and oxygen atoms in total. The topological polar surface area (TPSA) is 32.3 Å². The minimum Gasteiger partial charge on any atom is -0.327 e. The average Bonchev–Trinajstić information content (AvgIpc) is 2.77. The molecular formula is C17H14N2OS. The molecule has 0 radical (unpaired) electrons. The van der Waals surface area contributed by atoms with E-state index in [1.165, 1.54) is 10.5 Å². The summed E-state index contributed by atoms with van der Waals surface area (Å²) in [5.74, 6) is -0.133. The van der Waals surface area contributed by atoms with Crippen molar-refractivity contribution < 1.29 is 4.79 Å². The Morgan fingerprint density at radius 3 is 2.38 bits per heavy atom. The molecule has 1 heterocycles. The van der Waals surface area contributed by atoms with Gasteiger partial charge < -0.3 is 5.32 Å². The molecule has 0 saturated carbocycles. The zero-order chi connectivity index (χ0) is 14.8. The number of benzene rings is 2. The van der Waals surface area contributed by atoms with E-state index >= 15 is 0 Å². The van der Waals surface area contributed by atoms with Gasteiger partial charge in [-0.25, -0.2) is 0 Å². The maximum Gasteiger partial charge on any atom is 0.281 e. The molecule has 2 aromatic carbocycles. The molecule has 0 bridgehead atoms. The molecule has 0 spiro atoms. The van der Waals surface area contributed by atoms with E-state index in [1.807, 2.05) is 67.6 Å². The predicted molar refractivity (Wildman–Crippen MR) is 88.8 cm³/mol. The molecule has 1 amide bonds. The van der Waals surface area contributed by atoms with Crippen LogP contribution in [-0.4, -0.2) is 11.0 Å². The molecule has 0 atom stereocenters. The van der Waals surface area contributed by atoms with Crippen LogP contribution in [0, 0.1) is 6.92 Å². The van der Waals surface area contributed by atoms with Crippen molar-refractivity contribution in [3.05, 3.63) is 71.4 Å². The maximum atomic E-state index is 12.5. The van der Waals surface area contributed by atoms with Crippen molar-refractivity contribution in [3.63, 3.8) is 0 Å². The third kappa shape index (κ3) is 2.71. The second kappa shape index (κ2) is 5.50. The molecule has 3 rings (SSSR count). The Bertz CT molecular complexity index is 720. The predicted octanol–water partition coefficient (Wildman–Crippen LogP) is 3.26. The van der Waals surface area contributed by atoms with Gasteiger partial charge in [0.15, 0.2) is 5.11 Å². The van der Waals surface area contributed by atoms with Crippen LogP contribution in [0.1, 0.15) is 11.1 Å². The number of carbonyl (C=O) groups excluding carboxylic acids is 1. The van der Waals surface area contributed by atoms with Crippen LogP contribution in [0.15, 0.2) is 60.3 Å². The van der Waals surface area contributed by atoms with Crippen LogP contribution in [-0.2, 0) is 4.79 Å². The van der Waals surface area contributed by atoms with Crippen LogP contribution in [0.5, 0.6) is 0 Å². The molecule has 1 aliphatic rings. The molecule has 1 N–H and O–H groups in total. The van der Waals surface area contributed by atoms with E-state index in [-0.39, 0.29) is 5.91 Å². The minimum absolute atomic E-state index is 0.133. The molecule has 0 unspecified atom stereocenters. The molecular weight excluding hydrogens is 280 g/mol. The highest BCUT2D eigenvalue weighted by molar-refractivity contribution is 7.80. The first-order chi connectivity index (χ1) is 10.1. The zero-order valence-corrected chi connectivity index (χ0v) is 12.4. The van der Waals surface area contributed by atoms with Gasteiger partial charge in [0.2, 0.25) is 0 Å². The quantitative estimate of drug-likeness (QED) is 0.681. The first-order valence-electron chi connectivity index (χ1n) is 6.64. The van der Waals surface area contributed by atoms with Gasteiger partial charge in [-0.15, -0.1) is 0 Å². The van der Waals surface area contributed by atoms with Crippen molar-refractivity contribution in [1.29, 1.82) is 0 Å². The Morgan fingerprint density at radius 2 is 1.71 bits per heavy atom. The van der Waals surface area contributed by atoms with Crippen LogP contribution in [0.2, 0.25) is 0 Å². The van der Waals surface area contributed by atoms with Gasteiger partial charge in [-0.3, -0.25) is 9.69 Å². The van der Waals surface area contributed by atoms with E-state index in [9.17, 15) is 4.79 Å². The molecule has 0 aromatic heterocycles. The van der Waals surface area contributed by atoms with Crippen molar-refractivity contribution in [1.82, 2.24) is 5.32 Å². The number of anilines is 1. The van der Waals surface area contributed by atoms with Gasteiger partial charge in [0.05, 0.1) is 5.69 Å². The summed E-state index contributed by atoms with van der Waals surface area (Å²) in [6, 6.07) is 17.4. The number of para-hydroxylation sites is 1. The number of carbonyl (C=O) groups is 1. The van der Waals surface area contributed by atoms with Crippen molar-refractivity contribution in [2.75, 3.05) is 4.90 Å². The SMILES string of the molecule is Cc1ccc(/C=C2/NC(=S)N(c3ccccc3)C2=O)cc1. The summed E-state index contributed by atoms with van der Waals surface area (Å²) in [4.78, 5) is 14.0. The molecule has 0 aliphatic carbocycles. The van der Waals surface area contributed by atoms with Gasteiger partial charge in [-0.2, -0.15) is 0 Å². The smallest absolute Gasteiger partial charge is 0.281 e. The standard InChI is InChI=1S/C17H14N2OS/c1-12-7-9-13(10-8-12)11-15-16(20)19(17(21)18-15)14-5-3-2-4-6-14/h2-11H,1H3,(H,18,21)/b15-11+. The van der Waals surface area contributed by atoms with E-state index in [2.05, 4.69) is 5.32 Å². The lowest BCUT2D eigenvalue weighted by molar-refractivity contribution is -0.113.